The van der Waals surface area contributed by atoms with Crippen LogP contribution >= 0.6 is 0 Å². The predicted molar refractivity (Wildman–Crippen MR) is 35.3 cm³/mol. The maximum atomic E-state index is 5.24. The van der Waals surface area contributed by atoms with Crippen molar-refractivity contribution in [2.45, 2.75) is 0 Å². The summed E-state index contributed by atoms with van der Waals surface area (Å²) < 4.78 is 0. The number of nitrogens with zero attached hydrogens (tertiary/aromatic N) is 2. The number of hydrogen-bond donors (Lipinski definition) is 3. The van der Waals surface area contributed by atoms with E-state index in [0.717, 1.165) is 0 Å². The molecule has 0 atom stereocenters. The van der Waals surface area contributed by atoms with Gasteiger partial charge in [-0.25, -0.2) is 9.97 Å². The van der Waals surface area contributed by atoms with E-state index in [1.165, 1.54) is 6.20 Å². The highest BCUT2D eigenvalue weighted by molar-refractivity contribution is 5.54. The van der Waals surface area contributed by atoms with Crippen LogP contribution in [0, 0.1) is 0 Å². The quantitative estimate of drug-likeness (QED) is 0.422. The van der Waals surface area contributed by atoms with Gasteiger partial charge in [0, 0.05) is 0 Å². The zero-order valence-corrected chi connectivity index (χ0v) is 4.70. The van der Waals surface area contributed by atoms with Crippen molar-refractivity contribution in [3.05, 3.63) is 6.20 Å². The summed E-state index contributed by atoms with van der Waals surface area (Å²) in [5, 5.41) is 0. The van der Waals surface area contributed by atoms with Gasteiger partial charge in [0.1, 0.15) is 5.82 Å². The largest absolute Gasteiger partial charge is 0.382 e. The van der Waals surface area contributed by atoms with E-state index in [4.69, 9.17) is 17.2 Å². The van der Waals surface area contributed by atoms with E-state index in [1.807, 2.05) is 0 Å². The topological polar surface area (TPSA) is 104 Å². The molecule has 0 radical (unpaired) electrons. The van der Waals surface area contributed by atoms with Gasteiger partial charge in [-0.3, -0.25) is 0 Å². The standard InChI is InChI=1S/C4H7N5/c5-2-1-8-3(6)4(7)9-2/h1H,(H2,6,8)(H4,5,7,9). The summed E-state index contributed by atoms with van der Waals surface area (Å²) in [4.78, 5) is 7.28. The van der Waals surface area contributed by atoms with Gasteiger partial charge in [-0.15, -0.1) is 0 Å². The van der Waals surface area contributed by atoms with Crippen LogP contribution in [0.2, 0.25) is 0 Å². The molecule has 0 aliphatic rings. The van der Waals surface area contributed by atoms with Crippen LogP contribution in [-0.2, 0) is 0 Å². The van der Waals surface area contributed by atoms with Crippen molar-refractivity contribution in [1.82, 2.24) is 9.97 Å². The molecule has 1 aromatic heterocycles. The van der Waals surface area contributed by atoms with Crippen LogP contribution in [0.1, 0.15) is 0 Å². The van der Waals surface area contributed by atoms with Crippen molar-refractivity contribution in [2.75, 3.05) is 17.2 Å². The monoisotopic (exact) mass is 125 g/mol. The molecule has 6 N–H and O–H groups in total. The first kappa shape index (κ1) is 5.61. The van der Waals surface area contributed by atoms with Gasteiger partial charge in [-0.1, -0.05) is 0 Å². The summed E-state index contributed by atoms with van der Waals surface area (Å²) in [7, 11) is 0. The molecule has 1 aromatic rings. The summed E-state index contributed by atoms with van der Waals surface area (Å²) in [6.07, 6.45) is 1.35. The fourth-order valence-electron chi connectivity index (χ4n) is 0.427. The van der Waals surface area contributed by atoms with E-state index in [1.54, 1.807) is 0 Å². The zero-order chi connectivity index (χ0) is 6.85. The third kappa shape index (κ3) is 0.987. The third-order valence-corrected chi connectivity index (χ3v) is 0.848. The van der Waals surface area contributed by atoms with E-state index >= 15 is 0 Å². The third-order valence-electron chi connectivity index (χ3n) is 0.848. The van der Waals surface area contributed by atoms with Gasteiger partial charge in [0.05, 0.1) is 6.20 Å². The molecule has 0 bridgehead atoms. The number of rotatable bonds is 0. The average molecular weight is 125 g/mol. The van der Waals surface area contributed by atoms with Crippen molar-refractivity contribution in [1.29, 1.82) is 0 Å². The van der Waals surface area contributed by atoms with Crippen molar-refractivity contribution in [2.24, 2.45) is 0 Å². The first-order valence-electron chi connectivity index (χ1n) is 2.33. The van der Waals surface area contributed by atoms with Crippen molar-refractivity contribution < 1.29 is 0 Å². The highest BCUT2D eigenvalue weighted by atomic mass is 15.0. The van der Waals surface area contributed by atoms with Crippen LogP contribution in [0.15, 0.2) is 6.20 Å². The molecule has 0 spiro atoms. The second-order valence-electron chi connectivity index (χ2n) is 1.57. The Labute approximate surface area is 51.9 Å². The van der Waals surface area contributed by atoms with Gasteiger partial charge in [0.15, 0.2) is 11.6 Å². The Morgan fingerprint density at radius 1 is 1.11 bits per heavy atom. The molecule has 9 heavy (non-hydrogen) atoms. The van der Waals surface area contributed by atoms with Gasteiger partial charge >= 0.3 is 0 Å². The van der Waals surface area contributed by atoms with Crippen molar-refractivity contribution in [3.63, 3.8) is 0 Å². The van der Waals surface area contributed by atoms with Gasteiger partial charge in [-0.2, -0.15) is 0 Å². The van der Waals surface area contributed by atoms with Crippen LogP contribution in [0.25, 0.3) is 0 Å². The minimum absolute atomic E-state index is 0.176. The van der Waals surface area contributed by atoms with E-state index in [9.17, 15) is 0 Å². The highest BCUT2D eigenvalue weighted by Crippen LogP contribution is 2.06. The molecule has 5 heteroatoms. The molecule has 0 saturated heterocycles. The number of aromatic nitrogens is 2. The summed E-state index contributed by atoms with van der Waals surface area (Å²) in [5.41, 5.74) is 15.7. The first-order valence-corrected chi connectivity index (χ1v) is 2.33. The lowest BCUT2D eigenvalue weighted by atomic mass is 10.6. The second-order valence-corrected chi connectivity index (χ2v) is 1.57. The molecule has 0 saturated carbocycles. The molecule has 5 nitrogen and oxygen atoms in total. The summed E-state index contributed by atoms with van der Waals surface area (Å²) in [6.45, 7) is 0. The number of hydrogen-bond acceptors (Lipinski definition) is 5. The lowest BCUT2D eigenvalue weighted by Gasteiger charge is -1.96. The fourth-order valence-corrected chi connectivity index (χ4v) is 0.427. The molecule has 0 amide bonds. The molecule has 1 heterocycles. The molecule has 1 rings (SSSR count). The molecule has 0 fully saturated rings. The minimum Gasteiger partial charge on any atom is -0.382 e. The molecule has 0 aliphatic heterocycles. The highest BCUT2D eigenvalue weighted by Gasteiger charge is 1.94. The second kappa shape index (κ2) is 1.77. The minimum atomic E-state index is 0.176. The van der Waals surface area contributed by atoms with Gasteiger partial charge in [-0.05, 0) is 0 Å². The Morgan fingerprint density at radius 3 is 2.22 bits per heavy atom. The van der Waals surface area contributed by atoms with E-state index in [-0.39, 0.29) is 17.5 Å². The van der Waals surface area contributed by atoms with E-state index < -0.39 is 0 Å². The number of anilines is 3. The molecule has 0 unspecified atom stereocenters. The Balaban J connectivity index is 3.17. The van der Waals surface area contributed by atoms with Gasteiger partial charge in [0.2, 0.25) is 0 Å². The fraction of sp³-hybridized carbons (Fsp3) is 0. The first-order chi connectivity index (χ1) is 4.20. The van der Waals surface area contributed by atoms with Crippen LogP contribution in [0.4, 0.5) is 17.5 Å². The van der Waals surface area contributed by atoms with Crippen LogP contribution in [-0.4, -0.2) is 9.97 Å². The van der Waals surface area contributed by atoms with Crippen LogP contribution in [0.3, 0.4) is 0 Å². The average Bonchev–Trinajstić information content (AvgIpc) is 1.80. The maximum Gasteiger partial charge on any atom is 0.168 e. The van der Waals surface area contributed by atoms with Gasteiger partial charge < -0.3 is 17.2 Å². The molecule has 0 aliphatic carbocycles. The zero-order valence-electron chi connectivity index (χ0n) is 4.70. The van der Waals surface area contributed by atoms with Crippen molar-refractivity contribution >= 4 is 17.5 Å². The lowest BCUT2D eigenvalue weighted by molar-refractivity contribution is 1.23. The van der Waals surface area contributed by atoms with Crippen LogP contribution < -0.4 is 17.2 Å². The Kier molecular flexibility index (Phi) is 1.11. The summed E-state index contributed by atoms with van der Waals surface area (Å²) in [5.74, 6) is 0.668. The predicted octanol–water partition coefficient (Wildman–Crippen LogP) is -0.777. The van der Waals surface area contributed by atoms with Crippen molar-refractivity contribution in [3.8, 4) is 0 Å². The van der Waals surface area contributed by atoms with E-state index in [0.29, 0.717) is 0 Å². The molecular weight excluding hydrogens is 118 g/mol. The maximum absolute atomic E-state index is 5.24. The molecular formula is C4H7N5. The summed E-state index contributed by atoms with van der Waals surface area (Å²) in [6, 6.07) is 0. The molecule has 48 valence electrons. The SMILES string of the molecule is Nc1cnc(N)c(N)n1. The van der Waals surface area contributed by atoms with Gasteiger partial charge in [0.25, 0.3) is 0 Å². The Bertz CT molecular complexity index is 220. The Hall–Kier alpha value is -1.52. The molecule has 0 aromatic carbocycles. The summed E-state index contributed by atoms with van der Waals surface area (Å²) >= 11 is 0. The number of nitrogens with two attached hydrogens (primary N) is 3. The number of nitrogen functional groups attached to an aromatic ring is 3. The Morgan fingerprint density at radius 2 is 1.78 bits per heavy atom. The smallest absolute Gasteiger partial charge is 0.168 e. The lowest BCUT2D eigenvalue weighted by Crippen LogP contribution is -2.02. The van der Waals surface area contributed by atoms with E-state index in [2.05, 4.69) is 9.97 Å². The van der Waals surface area contributed by atoms with Crippen LogP contribution in [0.5, 0.6) is 0 Å². The normalized spacial score (nSPS) is 9.33.